The highest BCUT2D eigenvalue weighted by Crippen LogP contribution is 2.30. The second-order valence-corrected chi connectivity index (χ2v) is 5.33. The van der Waals surface area contributed by atoms with Gasteiger partial charge in [0.25, 0.3) is 0 Å². The Balaban J connectivity index is 1.62. The zero-order valence-corrected chi connectivity index (χ0v) is 10.7. The molecule has 2 amide bonds. The Kier molecular flexibility index (Phi) is 3.23. The molecule has 0 radical (unpaired) electrons. The number of nitrogens with zero attached hydrogens (tertiary/aromatic N) is 2. The van der Waals surface area contributed by atoms with Gasteiger partial charge in [-0.25, -0.2) is 4.98 Å². The molecule has 1 aromatic rings. The first-order valence-electron chi connectivity index (χ1n) is 6.78. The van der Waals surface area contributed by atoms with Crippen molar-refractivity contribution in [2.24, 2.45) is 5.92 Å². The van der Waals surface area contributed by atoms with E-state index in [-0.39, 0.29) is 29.8 Å². The highest BCUT2D eigenvalue weighted by Gasteiger charge is 2.33. The summed E-state index contributed by atoms with van der Waals surface area (Å²) in [6.07, 6.45) is 8.97. The predicted octanol–water partition coefficient (Wildman–Crippen LogP) is 0.229. The minimum atomic E-state index is -0.212. The smallest absolute Gasteiger partial charge is 0.225 e. The van der Waals surface area contributed by atoms with Crippen LogP contribution in [0.25, 0.3) is 0 Å². The van der Waals surface area contributed by atoms with Crippen molar-refractivity contribution in [3.63, 3.8) is 0 Å². The van der Waals surface area contributed by atoms with Gasteiger partial charge in [0.2, 0.25) is 11.8 Å². The molecule has 19 heavy (non-hydrogen) atoms. The molecular weight excluding hydrogens is 244 g/mol. The number of hydrogen-bond donors (Lipinski definition) is 2. The van der Waals surface area contributed by atoms with Crippen molar-refractivity contribution in [1.82, 2.24) is 20.2 Å². The summed E-state index contributed by atoms with van der Waals surface area (Å²) in [6, 6.07) is 0.439. The maximum atomic E-state index is 12.1. The third kappa shape index (κ3) is 2.47. The molecule has 2 fully saturated rings. The Labute approximate surface area is 111 Å². The molecule has 102 valence electrons. The molecule has 3 unspecified atom stereocenters. The van der Waals surface area contributed by atoms with Gasteiger partial charge in [0.1, 0.15) is 0 Å². The average Bonchev–Trinajstić information content (AvgIpc) is 3.07. The number of carbonyl (C=O) groups is 2. The molecule has 0 bridgehead atoms. The lowest BCUT2D eigenvalue weighted by atomic mass is 10.1. The van der Waals surface area contributed by atoms with Crippen molar-refractivity contribution in [3.8, 4) is 0 Å². The largest absolute Gasteiger partial charge is 0.355 e. The SMILES string of the molecule is O=C1CC(C(=O)NC2CCCC2n2ccnc2)CN1. The van der Waals surface area contributed by atoms with Crippen LogP contribution in [0.3, 0.4) is 0 Å². The summed E-state index contributed by atoms with van der Waals surface area (Å²) in [6.45, 7) is 0.465. The molecule has 1 saturated carbocycles. The van der Waals surface area contributed by atoms with Gasteiger partial charge in [-0.05, 0) is 19.3 Å². The van der Waals surface area contributed by atoms with E-state index in [2.05, 4.69) is 20.2 Å². The van der Waals surface area contributed by atoms with Crippen molar-refractivity contribution in [2.75, 3.05) is 6.54 Å². The molecule has 0 spiro atoms. The lowest BCUT2D eigenvalue weighted by Gasteiger charge is -2.23. The van der Waals surface area contributed by atoms with Gasteiger partial charge in [-0.2, -0.15) is 0 Å². The molecule has 3 atom stereocenters. The standard InChI is InChI=1S/C13H18N4O2/c18-12-6-9(7-15-12)13(19)16-10-2-1-3-11(10)17-5-4-14-8-17/h4-5,8-11H,1-3,6-7H2,(H,15,18)(H,16,19). The van der Waals surface area contributed by atoms with Crippen LogP contribution in [0.5, 0.6) is 0 Å². The van der Waals surface area contributed by atoms with Gasteiger partial charge in [-0.15, -0.1) is 0 Å². The highest BCUT2D eigenvalue weighted by atomic mass is 16.2. The zero-order chi connectivity index (χ0) is 13.2. The van der Waals surface area contributed by atoms with Gasteiger partial charge >= 0.3 is 0 Å². The summed E-state index contributed by atoms with van der Waals surface area (Å²) in [5.41, 5.74) is 0. The summed E-state index contributed by atoms with van der Waals surface area (Å²) < 4.78 is 2.07. The van der Waals surface area contributed by atoms with E-state index in [1.54, 1.807) is 12.5 Å². The molecule has 2 heterocycles. The van der Waals surface area contributed by atoms with E-state index in [9.17, 15) is 9.59 Å². The Morgan fingerprint density at radius 3 is 3.05 bits per heavy atom. The Morgan fingerprint density at radius 1 is 1.47 bits per heavy atom. The van der Waals surface area contributed by atoms with Crippen molar-refractivity contribution < 1.29 is 9.59 Å². The normalized spacial score (nSPS) is 30.3. The molecule has 6 nitrogen and oxygen atoms in total. The third-order valence-corrected chi connectivity index (χ3v) is 4.06. The number of rotatable bonds is 3. The first-order chi connectivity index (χ1) is 9.24. The fourth-order valence-electron chi connectivity index (χ4n) is 3.02. The zero-order valence-electron chi connectivity index (χ0n) is 10.7. The maximum Gasteiger partial charge on any atom is 0.225 e. The number of imidazole rings is 1. The summed E-state index contributed by atoms with van der Waals surface area (Å²) in [7, 11) is 0. The molecule has 1 aliphatic heterocycles. The summed E-state index contributed by atoms with van der Waals surface area (Å²) in [5.74, 6) is -0.246. The Bertz CT molecular complexity index is 471. The second-order valence-electron chi connectivity index (χ2n) is 5.33. The summed E-state index contributed by atoms with van der Waals surface area (Å²) >= 11 is 0. The van der Waals surface area contributed by atoms with Gasteiger partial charge in [0.05, 0.1) is 18.3 Å². The van der Waals surface area contributed by atoms with Crippen LogP contribution in [0.15, 0.2) is 18.7 Å². The lowest BCUT2D eigenvalue weighted by molar-refractivity contribution is -0.127. The van der Waals surface area contributed by atoms with Crippen molar-refractivity contribution in [3.05, 3.63) is 18.7 Å². The van der Waals surface area contributed by atoms with Crippen LogP contribution in [-0.2, 0) is 9.59 Å². The summed E-state index contributed by atoms with van der Waals surface area (Å²) in [5, 5.41) is 5.80. The van der Waals surface area contributed by atoms with Crippen LogP contribution in [-0.4, -0.2) is 34.0 Å². The first kappa shape index (κ1) is 12.2. The molecular formula is C13H18N4O2. The van der Waals surface area contributed by atoms with Crippen molar-refractivity contribution in [1.29, 1.82) is 0 Å². The fourth-order valence-corrected chi connectivity index (χ4v) is 3.02. The fraction of sp³-hybridized carbons (Fsp3) is 0.615. The molecule has 2 N–H and O–H groups in total. The molecule has 3 rings (SSSR count). The maximum absolute atomic E-state index is 12.1. The third-order valence-electron chi connectivity index (χ3n) is 4.06. The summed E-state index contributed by atoms with van der Waals surface area (Å²) in [4.78, 5) is 27.3. The van der Waals surface area contributed by atoms with Crippen LogP contribution in [0, 0.1) is 5.92 Å². The van der Waals surface area contributed by atoms with E-state index in [0.29, 0.717) is 13.0 Å². The molecule has 2 aliphatic rings. The average molecular weight is 262 g/mol. The number of carbonyl (C=O) groups excluding carboxylic acids is 2. The highest BCUT2D eigenvalue weighted by molar-refractivity contribution is 5.89. The molecule has 6 heteroatoms. The topological polar surface area (TPSA) is 76.0 Å². The molecule has 1 aromatic heterocycles. The van der Waals surface area contributed by atoms with Gasteiger partial charge in [-0.1, -0.05) is 0 Å². The van der Waals surface area contributed by atoms with Crippen molar-refractivity contribution in [2.45, 2.75) is 37.8 Å². The van der Waals surface area contributed by atoms with Crippen LogP contribution in [0.4, 0.5) is 0 Å². The molecule has 1 aliphatic carbocycles. The molecule has 1 saturated heterocycles. The van der Waals surface area contributed by atoms with E-state index in [1.807, 2.05) is 6.20 Å². The quantitative estimate of drug-likeness (QED) is 0.818. The van der Waals surface area contributed by atoms with Crippen LogP contribution in [0.1, 0.15) is 31.7 Å². The Hall–Kier alpha value is -1.85. The van der Waals surface area contributed by atoms with E-state index in [0.717, 1.165) is 19.3 Å². The Morgan fingerprint density at radius 2 is 2.37 bits per heavy atom. The number of aromatic nitrogens is 2. The van der Waals surface area contributed by atoms with E-state index in [4.69, 9.17) is 0 Å². The lowest BCUT2D eigenvalue weighted by Crippen LogP contribution is -2.41. The van der Waals surface area contributed by atoms with E-state index in [1.165, 1.54) is 0 Å². The second kappa shape index (κ2) is 5.03. The predicted molar refractivity (Wildman–Crippen MR) is 68.2 cm³/mol. The van der Waals surface area contributed by atoms with Gasteiger partial charge in [0, 0.05) is 31.4 Å². The van der Waals surface area contributed by atoms with Crippen LogP contribution >= 0.6 is 0 Å². The first-order valence-corrected chi connectivity index (χ1v) is 6.78. The minimum absolute atomic E-state index is 0.00429. The number of nitrogens with one attached hydrogen (secondary N) is 2. The monoisotopic (exact) mass is 262 g/mol. The van der Waals surface area contributed by atoms with E-state index >= 15 is 0 Å². The van der Waals surface area contributed by atoms with Crippen molar-refractivity contribution >= 4 is 11.8 Å². The number of hydrogen-bond acceptors (Lipinski definition) is 3. The van der Waals surface area contributed by atoms with Crippen LogP contribution < -0.4 is 10.6 Å². The minimum Gasteiger partial charge on any atom is -0.355 e. The molecule has 0 aromatic carbocycles. The van der Waals surface area contributed by atoms with Crippen LogP contribution in [0.2, 0.25) is 0 Å². The van der Waals surface area contributed by atoms with Gasteiger partial charge in [-0.3, -0.25) is 9.59 Å². The van der Waals surface area contributed by atoms with Gasteiger partial charge in [0.15, 0.2) is 0 Å². The van der Waals surface area contributed by atoms with E-state index < -0.39 is 0 Å². The van der Waals surface area contributed by atoms with Gasteiger partial charge < -0.3 is 15.2 Å². The number of amides is 2.